The van der Waals surface area contributed by atoms with Crippen LogP contribution in [0.3, 0.4) is 0 Å². The molecule has 0 atom stereocenters. The van der Waals surface area contributed by atoms with Crippen molar-refractivity contribution in [2.75, 3.05) is 0 Å². The number of nitro groups is 1. The van der Waals surface area contributed by atoms with E-state index in [9.17, 15) is 19.8 Å². The first kappa shape index (κ1) is 16.4. The van der Waals surface area contributed by atoms with E-state index in [-0.39, 0.29) is 30.2 Å². The van der Waals surface area contributed by atoms with E-state index < -0.39 is 4.92 Å². The molecule has 0 saturated heterocycles. The van der Waals surface area contributed by atoms with Crippen molar-refractivity contribution in [2.45, 2.75) is 20.0 Å². The van der Waals surface area contributed by atoms with Crippen LogP contribution >= 0.6 is 0 Å². The molecule has 0 bridgehead atoms. The summed E-state index contributed by atoms with van der Waals surface area (Å²) in [5.74, 6) is -0.176. The standard InChI is InChI=1S/C16H14N2O5/c1-10(20)6-13-7-14(12-4-2-11(9-19)3-5-12)16(18(22)23)8-15(13)17-21/h2-5,7-8,19H,6,9H2,1H3. The third kappa shape index (κ3) is 3.64. The second kappa shape index (κ2) is 6.89. The molecule has 0 aromatic heterocycles. The van der Waals surface area contributed by atoms with E-state index in [4.69, 9.17) is 5.11 Å². The predicted octanol–water partition coefficient (Wildman–Crippen LogP) is 3.28. The summed E-state index contributed by atoms with van der Waals surface area (Å²) in [5, 5.41) is 23.1. The van der Waals surface area contributed by atoms with Crippen molar-refractivity contribution >= 4 is 17.2 Å². The Kier molecular flexibility index (Phi) is 4.92. The summed E-state index contributed by atoms with van der Waals surface area (Å²) < 4.78 is 0. The minimum absolute atomic E-state index is 0.0270. The quantitative estimate of drug-likeness (QED) is 0.500. The molecule has 0 aliphatic carbocycles. The second-order valence-electron chi connectivity index (χ2n) is 5.08. The van der Waals surface area contributed by atoms with Crippen LogP contribution in [0.15, 0.2) is 41.6 Å². The molecule has 0 fully saturated rings. The molecule has 23 heavy (non-hydrogen) atoms. The number of nitrogens with zero attached hydrogens (tertiary/aromatic N) is 2. The van der Waals surface area contributed by atoms with Crippen molar-refractivity contribution in [3.05, 3.63) is 62.5 Å². The molecule has 0 radical (unpaired) electrons. The van der Waals surface area contributed by atoms with Crippen molar-refractivity contribution in [3.63, 3.8) is 0 Å². The number of hydrogen-bond acceptors (Lipinski definition) is 6. The van der Waals surface area contributed by atoms with Gasteiger partial charge in [-0.3, -0.25) is 14.9 Å². The lowest BCUT2D eigenvalue weighted by molar-refractivity contribution is -0.384. The number of Topliss-reactive ketones (excluding diaryl/α,β-unsaturated/α-hetero) is 1. The molecule has 2 aromatic carbocycles. The zero-order valence-electron chi connectivity index (χ0n) is 12.4. The molecule has 2 aromatic rings. The molecule has 0 amide bonds. The maximum atomic E-state index is 11.3. The zero-order chi connectivity index (χ0) is 17.0. The monoisotopic (exact) mass is 314 g/mol. The Hall–Kier alpha value is -2.93. The number of carbonyl (C=O) groups excluding carboxylic acids is 1. The van der Waals surface area contributed by atoms with Gasteiger partial charge in [-0.15, -0.1) is 4.91 Å². The van der Waals surface area contributed by atoms with Gasteiger partial charge in [0.1, 0.15) is 11.5 Å². The van der Waals surface area contributed by atoms with Crippen LogP contribution in [0.5, 0.6) is 0 Å². The summed E-state index contributed by atoms with van der Waals surface area (Å²) in [5.41, 5.74) is 1.50. The molecule has 0 aliphatic heterocycles. The van der Waals surface area contributed by atoms with Gasteiger partial charge < -0.3 is 5.11 Å². The highest BCUT2D eigenvalue weighted by atomic mass is 16.6. The van der Waals surface area contributed by atoms with Crippen LogP contribution in [0.2, 0.25) is 0 Å². The molecule has 0 spiro atoms. The van der Waals surface area contributed by atoms with Gasteiger partial charge in [0.2, 0.25) is 0 Å². The fraction of sp³-hybridized carbons (Fsp3) is 0.188. The van der Waals surface area contributed by atoms with E-state index in [1.807, 2.05) is 0 Å². The summed E-state index contributed by atoms with van der Waals surface area (Å²) in [6.45, 7) is 1.23. The lowest BCUT2D eigenvalue weighted by Gasteiger charge is -2.08. The topological polar surface area (TPSA) is 110 Å². The van der Waals surface area contributed by atoms with Crippen molar-refractivity contribution in [2.24, 2.45) is 5.18 Å². The Morgan fingerprint density at radius 1 is 1.26 bits per heavy atom. The van der Waals surface area contributed by atoms with E-state index in [0.29, 0.717) is 22.3 Å². The number of rotatable bonds is 6. The zero-order valence-corrected chi connectivity index (χ0v) is 12.4. The Labute approximate surface area is 131 Å². The van der Waals surface area contributed by atoms with E-state index in [1.165, 1.54) is 13.0 Å². The summed E-state index contributed by atoms with van der Waals surface area (Å²) in [4.78, 5) is 32.9. The molecule has 0 aliphatic rings. The summed E-state index contributed by atoms with van der Waals surface area (Å²) >= 11 is 0. The normalized spacial score (nSPS) is 10.3. The molecule has 0 saturated carbocycles. The van der Waals surface area contributed by atoms with Crippen LogP contribution in [-0.4, -0.2) is 15.8 Å². The SMILES string of the molecule is CC(=O)Cc1cc(-c2ccc(CO)cc2)c([N+](=O)[O-])cc1N=O. The highest BCUT2D eigenvalue weighted by Crippen LogP contribution is 2.36. The van der Waals surface area contributed by atoms with E-state index >= 15 is 0 Å². The van der Waals surface area contributed by atoms with Crippen molar-refractivity contribution in [1.29, 1.82) is 0 Å². The van der Waals surface area contributed by atoms with Crippen molar-refractivity contribution < 1.29 is 14.8 Å². The van der Waals surface area contributed by atoms with Gasteiger partial charge in [-0.2, -0.15) is 0 Å². The number of nitro benzene ring substituents is 1. The van der Waals surface area contributed by atoms with Gasteiger partial charge in [-0.05, 0) is 34.9 Å². The van der Waals surface area contributed by atoms with Gasteiger partial charge in [0.25, 0.3) is 5.69 Å². The van der Waals surface area contributed by atoms with Crippen LogP contribution in [0.25, 0.3) is 11.1 Å². The number of benzene rings is 2. The van der Waals surface area contributed by atoms with Gasteiger partial charge in [-0.1, -0.05) is 24.3 Å². The van der Waals surface area contributed by atoms with Gasteiger partial charge in [0.15, 0.2) is 0 Å². The minimum atomic E-state index is -0.596. The Bertz CT molecular complexity index is 769. The van der Waals surface area contributed by atoms with Crippen LogP contribution in [0.4, 0.5) is 11.4 Å². The van der Waals surface area contributed by atoms with Crippen molar-refractivity contribution in [1.82, 2.24) is 0 Å². The number of ketones is 1. The molecule has 1 N–H and O–H groups in total. The van der Waals surface area contributed by atoms with Gasteiger partial charge in [0, 0.05) is 12.5 Å². The highest BCUT2D eigenvalue weighted by molar-refractivity contribution is 5.83. The molecule has 0 heterocycles. The molecule has 0 unspecified atom stereocenters. The van der Waals surface area contributed by atoms with Gasteiger partial charge >= 0.3 is 0 Å². The van der Waals surface area contributed by atoms with Crippen LogP contribution < -0.4 is 0 Å². The first-order valence-electron chi connectivity index (χ1n) is 6.80. The van der Waals surface area contributed by atoms with Crippen LogP contribution in [0.1, 0.15) is 18.1 Å². The lowest BCUT2D eigenvalue weighted by Crippen LogP contribution is -2.00. The number of nitroso groups, excluding NO2 is 1. The average molecular weight is 314 g/mol. The van der Waals surface area contributed by atoms with Gasteiger partial charge in [-0.25, -0.2) is 0 Å². The van der Waals surface area contributed by atoms with E-state index in [2.05, 4.69) is 5.18 Å². The number of carbonyl (C=O) groups is 1. The molecular weight excluding hydrogens is 300 g/mol. The van der Waals surface area contributed by atoms with Crippen LogP contribution in [-0.2, 0) is 17.8 Å². The molecule has 7 heteroatoms. The predicted molar refractivity (Wildman–Crippen MR) is 84.3 cm³/mol. The smallest absolute Gasteiger partial charge is 0.279 e. The second-order valence-corrected chi connectivity index (χ2v) is 5.08. The summed E-state index contributed by atoms with van der Waals surface area (Å²) in [7, 11) is 0. The third-order valence-electron chi connectivity index (χ3n) is 3.38. The van der Waals surface area contributed by atoms with Gasteiger partial charge in [0.05, 0.1) is 17.1 Å². The molecular formula is C16H14N2O5. The first-order chi connectivity index (χ1) is 11.0. The number of hydrogen-bond donors (Lipinski definition) is 1. The molecule has 118 valence electrons. The number of aliphatic hydroxyl groups is 1. The maximum absolute atomic E-state index is 11.3. The number of aliphatic hydroxyl groups excluding tert-OH is 1. The third-order valence-corrected chi connectivity index (χ3v) is 3.38. The van der Waals surface area contributed by atoms with E-state index in [1.54, 1.807) is 24.3 Å². The summed E-state index contributed by atoms with van der Waals surface area (Å²) in [6.07, 6.45) is -0.0270. The average Bonchev–Trinajstić information content (AvgIpc) is 2.53. The molecule has 7 nitrogen and oxygen atoms in total. The maximum Gasteiger partial charge on any atom is 0.279 e. The molecule has 2 rings (SSSR count). The minimum Gasteiger partial charge on any atom is -0.392 e. The lowest BCUT2D eigenvalue weighted by atomic mass is 9.97. The Morgan fingerprint density at radius 2 is 1.91 bits per heavy atom. The Balaban J connectivity index is 2.64. The summed E-state index contributed by atoms with van der Waals surface area (Å²) in [6, 6.07) is 9.11. The fourth-order valence-corrected chi connectivity index (χ4v) is 2.29. The highest BCUT2D eigenvalue weighted by Gasteiger charge is 2.20. The van der Waals surface area contributed by atoms with E-state index in [0.717, 1.165) is 6.07 Å². The Morgan fingerprint density at radius 3 is 2.39 bits per heavy atom. The van der Waals surface area contributed by atoms with Crippen LogP contribution in [0, 0.1) is 15.0 Å². The van der Waals surface area contributed by atoms with Crippen molar-refractivity contribution in [3.8, 4) is 11.1 Å². The largest absolute Gasteiger partial charge is 0.392 e. The fourth-order valence-electron chi connectivity index (χ4n) is 2.29. The first-order valence-corrected chi connectivity index (χ1v) is 6.80.